The van der Waals surface area contributed by atoms with Crippen LogP contribution in [0.15, 0.2) is 47.1 Å². The quantitative estimate of drug-likeness (QED) is 0.295. The Morgan fingerprint density at radius 1 is 1.26 bits per heavy atom. The van der Waals surface area contributed by atoms with E-state index in [0.717, 1.165) is 22.0 Å². The lowest BCUT2D eigenvalue weighted by Crippen LogP contribution is -2.03. The molecule has 4 rings (SSSR count). The van der Waals surface area contributed by atoms with Gasteiger partial charge in [-0.3, -0.25) is 4.79 Å². The molecule has 0 spiro atoms. The first-order valence-electron chi connectivity index (χ1n) is 9.66. The van der Waals surface area contributed by atoms with E-state index in [2.05, 4.69) is 37.5 Å². The minimum absolute atomic E-state index is 0.166. The average Bonchev–Trinajstić information content (AvgIpc) is 3.34. The van der Waals surface area contributed by atoms with Crippen LogP contribution in [-0.4, -0.2) is 30.6 Å². The number of aryl methyl sites for hydroxylation is 1. The molecule has 1 unspecified atom stereocenters. The summed E-state index contributed by atoms with van der Waals surface area (Å²) < 4.78 is 14.7. The number of thioether (sulfide) groups is 1. The highest BCUT2D eigenvalue weighted by atomic mass is 127. The standard InChI is InChI=1S/C20H20IN5O4S/c21-13-7-4-3-6-12(13)19-29-10-15(30-19)31-20-25-16-17(22)23-11-24-18(16)26(20)9-5-1-2-8-14(27)28/h3-4,6-7,10-11,19H,1-2,5,8-9H2,(H,27,28)(H2,22,23,24). The van der Waals surface area contributed by atoms with Gasteiger partial charge in [0, 0.05) is 22.1 Å². The fourth-order valence-corrected chi connectivity index (χ4v) is 4.64. The molecular formula is C20H20IN5O4S. The summed E-state index contributed by atoms with van der Waals surface area (Å²) in [4.78, 5) is 23.7. The molecule has 0 amide bonds. The highest BCUT2D eigenvalue weighted by Gasteiger charge is 2.26. The number of anilines is 1. The van der Waals surface area contributed by atoms with Crippen molar-refractivity contribution < 1.29 is 19.4 Å². The molecule has 2 aromatic heterocycles. The van der Waals surface area contributed by atoms with E-state index in [1.165, 1.54) is 18.1 Å². The number of imidazole rings is 1. The van der Waals surface area contributed by atoms with Gasteiger partial charge in [-0.2, -0.15) is 0 Å². The molecule has 1 aliphatic rings. The smallest absolute Gasteiger partial charge is 0.303 e. The molecule has 162 valence electrons. The molecule has 1 aromatic carbocycles. The van der Waals surface area contributed by atoms with Gasteiger partial charge in [-0.1, -0.05) is 24.6 Å². The van der Waals surface area contributed by atoms with E-state index in [9.17, 15) is 4.79 Å². The highest BCUT2D eigenvalue weighted by Crippen LogP contribution is 2.39. The van der Waals surface area contributed by atoms with Crippen molar-refractivity contribution in [2.45, 2.75) is 43.7 Å². The molecule has 0 saturated carbocycles. The summed E-state index contributed by atoms with van der Waals surface area (Å²) in [6.07, 6.45) is 4.86. The maximum Gasteiger partial charge on any atom is 0.303 e. The van der Waals surface area contributed by atoms with Crippen LogP contribution in [0.3, 0.4) is 0 Å². The predicted octanol–water partition coefficient (Wildman–Crippen LogP) is 4.29. The highest BCUT2D eigenvalue weighted by molar-refractivity contribution is 14.1. The summed E-state index contributed by atoms with van der Waals surface area (Å²) >= 11 is 3.58. The Hall–Kier alpha value is -2.54. The van der Waals surface area contributed by atoms with Crippen LogP contribution in [0.1, 0.15) is 37.5 Å². The van der Waals surface area contributed by atoms with Crippen LogP contribution in [0.4, 0.5) is 5.82 Å². The number of aliphatic carboxylic acids is 1. The first-order chi connectivity index (χ1) is 15.0. The average molecular weight is 553 g/mol. The largest absolute Gasteiger partial charge is 0.481 e. The van der Waals surface area contributed by atoms with Gasteiger partial charge in [0.2, 0.25) is 5.09 Å². The van der Waals surface area contributed by atoms with Crippen molar-refractivity contribution in [2.75, 3.05) is 5.73 Å². The minimum Gasteiger partial charge on any atom is -0.481 e. The summed E-state index contributed by atoms with van der Waals surface area (Å²) in [5.41, 5.74) is 8.13. The van der Waals surface area contributed by atoms with Crippen molar-refractivity contribution in [3.63, 3.8) is 0 Å². The number of fused-ring (bicyclic) bond motifs is 1. The molecule has 3 N–H and O–H groups in total. The summed E-state index contributed by atoms with van der Waals surface area (Å²) in [6.45, 7) is 0.628. The van der Waals surface area contributed by atoms with Gasteiger partial charge >= 0.3 is 5.97 Å². The van der Waals surface area contributed by atoms with Crippen molar-refractivity contribution in [1.82, 2.24) is 19.5 Å². The van der Waals surface area contributed by atoms with E-state index >= 15 is 0 Å². The molecule has 0 fully saturated rings. The molecular weight excluding hydrogens is 533 g/mol. The van der Waals surface area contributed by atoms with E-state index < -0.39 is 12.3 Å². The Morgan fingerprint density at radius 2 is 2.10 bits per heavy atom. The number of unbranched alkanes of at least 4 members (excludes halogenated alkanes) is 2. The molecule has 0 radical (unpaired) electrons. The molecule has 0 saturated heterocycles. The number of carboxylic acid groups (broad SMARTS) is 1. The van der Waals surface area contributed by atoms with Gasteiger partial charge in [0.1, 0.15) is 12.6 Å². The van der Waals surface area contributed by atoms with Gasteiger partial charge in [0.25, 0.3) is 6.29 Å². The Labute approximate surface area is 196 Å². The fourth-order valence-electron chi connectivity index (χ4n) is 3.16. The van der Waals surface area contributed by atoms with Crippen LogP contribution in [0.25, 0.3) is 11.2 Å². The number of halogens is 1. The molecule has 9 nitrogen and oxygen atoms in total. The zero-order valence-corrected chi connectivity index (χ0v) is 19.4. The Morgan fingerprint density at radius 3 is 2.90 bits per heavy atom. The van der Waals surface area contributed by atoms with Crippen molar-refractivity contribution in [3.8, 4) is 0 Å². The number of hydrogen-bond acceptors (Lipinski definition) is 8. The summed E-state index contributed by atoms with van der Waals surface area (Å²) in [6, 6.07) is 7.88. The van der Waals surface area contributed by atoms with Crippen LogP contribution in [-0.2, 0) is 20.8 Å². The van der Waals surface area contributed by atoms with Crippen LogP contribution in [0, 0.1) is 3.57 Å². The molecule has 1 aliphatic heterocycles. The summed E-state index contributed by atoms with van der Waals surface area (Å²) in [7, 11) is 0. The molecule has 3 heterocycles. The van der Waals surface area contributed by atoms with Crippen LogP contribution < -0.4 is 5.73 Å². The number of hydrogen-bond donors (Lipinski definition) is 2. The van der Waals surface area contributed by atoms with E-state index in [0.29, 0.717) is 40.2 Å². The normalized spacial score (nSPS) is 15.5. The molecule has 1 atom stereocenters. The molecule has 3 aromatic rings. The number of ether oxygens (including phenoxy) is 2. The first-order valence-corrected chi connectivity index (χ1v) is 11.6. The van der Waals surface area contributed by atoms with Gasteiger partial charge in [0.05, 0.1) is 0 Å². The lowest BCUT2D eigenvalue weighted by atomic mass is 10.2. The maximum atomic E-state index is 10.7. The number of rotatable bonds is 9. The number of nitrogens with two attached hydrogens (primary N) is 1. The predicted molar refractivity (Wildman–Crippen MR) is 124 cm³/mol. The molecule has 11 heteroatoms. The van der Waals surface area contributed by atoms with Gasteiger partial charge in [-0.05, 0) is 53.3 Å². The molecule has 0 aliphatic carbocycles. The first kappa shape index (κ1) is 21.7. The third-order valence-electron chi connectivity index (χ3n) is 4.66. The number of carbonyl (C=O) groups is 1. The van der Waals surface area contributed by atoms with E-state index in [-0.39, 0.29) is 6.42 Å². The van der Waals surface area contributed by atoms with Gasteiger partial charge in [-0.15, -0.1) is 0 Å². The Balaban J connectivity index is 1.50. The monoisotopic (exact) mass is 553 g/mol. The van der Waals surface area contributed by atoms with Crippen molar-refractivity contribution in [2.24, 2.45) is 0 Å². The van der Waals surface area contributed by atoms with Crippen molar-refractivity contribution >= 4 is 57.3 Å². The second-order valence-corrected chi connectivity index (χ2v) is 8.96. The Bertz CT molecular complexity index is 1140. The number of benzene rings is 1. The van der Waals surface area contributed by atoms with Crippen LogP contribution >= 0.6 is 34.4 Å². The van der Waals surface area contributed by atoms with Gasteiger partial charge < -0.3 is 24.9 Å². The van der Waals surface area contributed by atoms with E-state index in [1.807, 2.05) is 28.8 Å². The molecule has 31 heavy (non-hydrogen) atoms. The number of carboxylic acids is 1. The zero-order chi connectivity index (χ0) is 21.8. The van der Waals surface area contributed by atoms with E-state index in [1.54, 1.807) is 6.26 Å². The SMILES string of the molecule is Nc1ncnc2c1nc(SC1=COC(c3ccccc3I)O1)n2CCCCCC(=O)O. The number of aromatic nitrogens is 4. The van der Waals surface area contributed by atoms with Crippen molar-refractivity contribution in [1.29, 1.82) is 0 Å². The lowest BCUT2D eigenvalue weighted by molar-refractivity contribution is -0.137. The van der Waals surface area contributed by atoms with Gasteiger partial charge in [0.15, 0.2) is 22.1 Å². The summed E-state index contributed by atoms with van der Waals surface area (Å²) in [5, 5.41) is 10.1. The minimum atomic E-state index is -0.780. The fraction of sp³-hybridized carbons (Fsp3) is 0.300. The third-order valence-corrected chi connectivity index (χ3v) is 6.53. The maximum absolute atomic E-state index is 10.7. The number of nitrogens with zero attached hydrogens (tertiary/aromatic N) is 4. The van der Waals surface area contributed by atoms with Crippen molar-refractivity contribution in [3.05, 3.63) is 51.1 Å². The lowest BCUT2D eigenvalue weighted by Gasteiger charge is -2.13. The number of nitrogen functional groups attached to an aromatic ring is 1. The topological polar surface area (TPSA) is 125 Å². The van der Waals surface area contributed by atoms with E-state index in [4.69, 9.17) is 20.3 Å². The van der Waals surface area contributed by atoms with Crippen LogP contribution in [0.5, 0.6) is 0 Å². The molecule has 0 bridgehead atoms. The van der Waals surface area contributed by atoms with Gasteiger partial charge in [-0.25, -0.2) is 15.0 Å². The third kappa shape index (κ3) is 5.03. The van der Waals surface area contributed by atoms with Crippen LogP contribution in [0.2, 0.25) is 0 Å². The summed E-state index contributed by atoms with van der Waals surface area (Å²) in [5.74, 6) is -0.469. The zero-order valence-electron chi connectivity index (χ0n) is 16.4. The second kappa shape index (κ2) is 9.73. The Kier molecular flexibility index (Phi) is 6.80. The second-order valence-electron chi connectivity index (χ2n) is 6.83.